The van der Waals surface area contributed by atoms with Gasteiger partial charge < -0.3 is 4.55 Å². The van der Waals surface area contributed by atoms with Gasteiger partial charge in [-0.1, -0.05) is 30.3 Å². The molecule has 0 spiro atoms. The van der Waals surface area contributed by atoms with Crippen LogP contribution in [-0.2, 0) is 16.9 Å². The highest BCUT2D eigenvalue weighted by molar-refractivity contribution is 7.90. The summed E-state index contributed by atoms with van der Waals surface area (Å²) in [6.45, 7) is 0. The van der Waals surface area contributed by atoms with E-state index in [2.05, 4.69) is 0 Å². The Morgan fingerprint density at radius 2 is 1.75 bits per heavy atom. The van der Waals surface area contributed by atoms with Crippen molar-refractivity contribution in [1.82, 2.24) is 0 Å². The Labute approximate surface area is 97.1 Å². The SMILES string of the molecule is [O-][S+](Cc1cccc(F)c1)c1ccccc1. The molecule has 2 aromatic carbocycles. The van der Waals surface area contributed by atoms with Gasteiger partial charge in [-0.15, -0.1) is 0 Å². The van der Waals surface area contributed by atoms with Crippen LogP contribution in [0.4, 0.5) is 4.39 Å². The van der Waals surface area contributed by atoms with Crippen molar-refractivity contribution in [2.24, 2.45) is 0 Å². The smallest absolute Gasteiger partial charge is 0.153 e. The summed E-state index contributed by atoms with van der Waals surface area (Å²) in [5.74, 6) is 0.0597. The second-order valence-electron chi connectivity index (χ2n) is 3.43. The minimum Gasteiger partial charge on any atom is -0.611 e. The Morgan fingerprint density at radius 3 is 2.44 bits per heavy atom. The minimum atomic E-state index is -1.11. The van der Waals surface area contributed by atoms with Crippen molar-refractivity contribution < 1.29 is 8.94 Å². The molecule has 0 N–H and O–H groups in total. The van der Waals surface area contributed by atoms with Crippen molar-refractivity contribution in [3.8, 4) is 0 Å². The van der Waals surface area contributed by atoms with E-state index in [1.54, 1.807) is 12.1 Å². The van der Waals surface area contributed by atoms with Crippen molar-refractivity contribution in [2.45, 2.75) is 10.6 Å². The number of halogens is 1. The van der Waals surface area contributed by atoms with E-state index < -0.39 is 11.2 Å². The predicted octanol–water partition coefficient (Wildman–Crippen LogP) is 3.13. The molecule has 0 fully saturated rings. The van der Waals surface area contributed by atoms with Crippen LogP contribution in [0.1, 0.15) is 5.56 Å². The van der Waals surface area contributed by atoms with E-state index in [9.17, 15) is 8.94 Å². The van der Waals surface area contributed by atoms with Crippen LogP contribution in [-0.4, -0.2) is 4.55 Å². The molecule has 1 atom stereocenters. The van der Waals surface area contributed by atoms with Gasteiger partial charge in [-0.3, -0.25) is 0 Å². The number of hydrogen-bond acceptors (Lipinski definition) is 1. The Bertz CT molecular complexity index is 458. The fraction of sp³-hybridized carbons (Fsp3) is 0.0769. The first-order valence-corrected chi connectivity index (χ1v) is 6.25. The van der Waals surface area contributed by atoms with Crippen LogP contribution < -0.4 is 0 Å². The summed E-state index contributed by atoms with van der Waals surface area (Å²) in [6.07, 6.45) is 0. The predicted molar refractivity (Wildman–Crippen MR) is 63.0 cm³/mol. The lowest BCUT2D eigenvalue weighted by atomic mass is 10.2. The van der Waals surface area contributed by atoms with Gasteiger partial charge in [0.1, 0.15) is 11.6 Å². The molecule has 0 radical (unpaired) electrons. The molecule has 0 heterocycles. The minimum absolute atomic E-state index is 0.289. The highest BCUT2D eigenvalue weighted by Crippen LogP contribution is 2.16. The monoisotopic (exact) mass is 234 g/mol. The normalized spacial score (nSPS) is 12.4. The summed E-state index contributed by atoms with van der Waals surface area (Å²) in [5.41, 5.74) is 0.752. The Morgan fingerprint density at radius 1 is 1.00 bits per heavy atom. The maximum Gasteiger partial charge on any atom is 0.153 e. The maximum atomic E-state index is 12.9. The molecule has 0 bridgehead atoms. The first-order chi connectivity index (χ1) is 7.75. The second kappa shape index (κ2) is 5.14. The van der Waals surface area contributed by atoms with E-state index >= 15 is 0 Å². The van der Waals surface area contributed by atoms with Gasteiger partial charge in [0.25, 0.3) is 0 Å². The molecule has 2 aromatic rings. The summed E-state index contributed by atoms with van der Waals surface area (Å²) in [6, 6.07) is 15.4. The van der Waals surface area contributed by atoms with Crippen LogP contribution in [0.15, 0.2) is 59.5 Å². The van der Waals surface area contributed by atoms with Crippen LogP contribution in [0.25, 0.3) is 0 Å². The molecule has 0 saturated heterocycles. The van der Waals surface area contributed by atoms with Crippen LogP contribution in [0.5, 0.6) is 0 Å². The molecule has 0 saturated carbocycles. The average Bonchev–Trinajstić information content (AvgIpc) is 2.30. The molecule has 0 aliphatic rings. The van der Waals surface area contributed by atoms with E-state index in [1.807, 2.05) is 30.3 Å². The lowest BCUT2D eigenvalue weighted by molar-refractivity contribution is 0.593. The maximum absolute atomic E-state index is 12.9. The highest BCUT2D eigenvalue weighted by Gasteiger charge is 2.11. The standard InChI is InChI=1S/C13H11FOS/c14-12-6-4-5-11(9-12)10-16(15)13-7-2-1-3-8-13/h1-9H,10H2. The number of benzene rings is 2. The molecule has 16 heavy (non-hydrogen) atoms. The van der Waals surface area contributed by atoms with Gasteiger partial charge in [-0.2, -0.15) is 0 Å². The van der Waals surface area contributed by atoms with Gasteiger partial charge in [-0.25, -0.2) is 4.39 Å². The van der Waals surface area contributed by atoms with Crippen molar-refractivity contribution in [1.29, 1.82) is 0 Å². The van der Waals surface area contributed by atoms with E-state index in [0.717, 1.165) is 10.5 Å². The Hall–Kier alpha value is -1.32. The van der Waals surface area contributed by atoms with Crippen molar-refractivity contribution in [3.05, 3.63) is 66.0 Å². The Kier molecular flexibility index (Phi) is 3.59. The summed E-state index contributed by atoms with van der Waals surface area (Å²) in [4.78, 5) is 0.770. The van der Waals surface area contributed by atoms with Crippen molar-refractivity contribution in [2.75, 3.05) is 0 Å². The molecule has 1 unspecified atom stereocenters. The molecular weight excluding hydrogens is 223 g/mol. The third-order valence-electron chi connectivity index (χ3n) is 2.19. The third kappa shape index (κ3) is 2.84. The van der Waals surface area contributed by atoms with E-state index in [-0.39, 0.29) is 5.82 Å². The summed E-state index contributed by atoms with van der Waals surface area (Å²) >= 11 is -1.11. The summed E-state index contributed by atoms with van der Waals surface area (Å²) < 4.78 is 24.8. The zero-order valence-corrected chi connectivity index (χ0v) is 9.41. The number of hydrogen-bond donors (Lipinski definition) is 0. The molecule has 1 nitrogen and oxygen atoms in total. The van der Waals surface area contributed by atoms with Crippen molar-refractivity contribution in [3.63, 3.8) is 0 Å². The van der Waals surface area contributed by atoms with Gasteiger partial charge >= 0.3 is 0 Å². The second-order valence-corrected chi connectivity index (χ2v) is 4.88. The lowest BCUT2D eigenvalue weighted by Gasteiger charge is -2.10. The largest absolute Gasteiger partial charge is 0.611 e. The van der Waals surface area contributed by atoms with Crippen LogP contribution in [0.2, 0.25) is 0 Å². The molecule has 0 aromatic heterocycles. The fourth-order valence-electron chi connectivity index (χ4n) is 1.43. The topological polar surface area (TPSA) is 23.1 Å². The van der Waals surface area contributed by atoms with Crippen LogP contribution in [0, 0.1) is 5.82 Å². The molecule has 0 aliphatic carbocycles. The molecule has 82 valence electrons. The van der Waals surface area contributed by atoms with Gasteiger partial charge in [0.05, 0.1) is 0 Å². The number of rotatable bonds is 3. The van der Waals surface area contributed by atoms with Crippen LogP contribution in [0.3, 0.4) is 0 Å². The van der Waals surface area contributed by atoms with E-state index in [1.165, 1.54) is 12.1 Å². The van der Waals surface area contributed by atoms with E-state index in [0.29, 0.717) is 5.75 Å². The molecule has 0 amide bonds. The van der Waals surface area contributed by atoms with Gasteiger partial charge in [-0.05, 0) is 35.4 Å². The zero-order chi connectivity index (χ0) is 11.4. The van der Waals surface area contributed by atoms with Crippen LogP contribution >= 0.6 is 0 Å². The third-order valence-corrected chi connectivity index (χ3v) is 3.59. The molecule has 0 aliphatic heterocycles. The quantitative estimate of drug-likeness (QED) is 0.748. The first kappa shape index (κ1) is 11.2. The molecule has 3 heteroatoms. The van der Waals surface area contributed by atoms with E-state index in [4.69, 9.17) is 0 Å². The first-order valence-electron chi connectivity index (χ1n) is 4.93. The average molecular weight is 234 g/mol. The van der Waals surface area contributed by atoms with Gasteiger partial charge in [0, 0.05) is 5.56 Å². The molecule has 2 rings (SSSR count). The lowest BCUT2D eigenvalue weighted by Crippen LogP contribution is -2.04. The Balaban J connectivity index is 2.11. The van der Waals surface area contributed by atoms with Gasteiger partial charge in [0.2, 0.25) is 0 Å². The molecular formula is C13H11FOS. The van der Waals surface area contributed by atoms with Crippen molar-refractivity contribution >= 4 is 11.2 Å². The zero-order valence-electron chi connectivity index (χ0n) is 8.60. The van der Waals surface area contributed by atoms with Gasteiger partial charge in [0.15, 0.2) is 4.90 Å². The highest BCUT2D eigenvalue weighted by atomic mass is 32.2. The fourth-order valence-corrected chi connectivity index (χ4v) is 2.54. The summed E-state index contributed by atoms with van der Waals surface area (Å²) in [7, 11) is 0. The summed E-state index contributed by atoms with van der Waals surface area (Å²) in [5, 5.41) is 0.